The van der Waals surface area contributed by atoms with Crippen LogP contribution in [0.25, 0.3) is 0 Å². The summed E-state index contributed by atoms with van der Waals surface area (Å²) in [6, 6.07) is 13.8. The van der Waals surface area contributed by atoms with Gasteiger partial charge in [-0.05, 0) is 57.2 Å². The molecule has 1 heterocycles. The molecule has 4 nitrogen and oxygen atoms in total. The maximum atomic E-state index is 13.0. The first-order chi connectivity index (χ1) is 12.5. The van der Waals surface area contributed by atoms with Crippen LogP contribution in [0, 0.1) is 5.82 Å². The number of amides is 1. The third kappa shape index (κ3) is 4.79. The molecule has 0 aliphatic carbocycles. The van der Waals surface area contributed by atoms with Gasteiger partial charge in [0.1, 0.15) is 5.82 Å². The Kier molecular flexibility index (Phi) is 5.83. The molecule has 134 valence electrons. The zero-order valence-corrected chi connectivity index (χ0v) is 15.9. The molecule has 6 heteroatoms. The van der Waals surface area contributed by atoms with Gasteiger partial charge in [0, 0.05) is 18.3 Å². The van der Waals surface area contributed by atoms with Crippen LogP contribution in [0.15, 0.2) is 65.4 Å². The van der Waals surface area contributed by atoms with E-state index in [0.717, 1.165) is 15.6 Å². The predicted molar refractivity (Wildman–Crippen MR) is 103 cm³/mol. The van der Waals surface area contributed by atoms with Gasteiger partial charge in [-0.1, -0.05) is 31.2 Å². The Bertz CT molecular complexity index is 875. The van der Waals surface area contributed by atoms with Gasteiger partial charge in [-0.25, -0.2) is 4.39 Å². The quantitative estimate of drug-likeness (QED) is 0.649. The van der Waals surface area contributed by atoms with Gasteiger partial charge in [0.15, 0.2) is 0 Å². The maximum Gasteiger partial charge on any atom is 0.251 e. The van der Waals surface area contributed by atoms with Gasteiger partial charge >= 0.3 is 0 Å². The third-order valence-electron chi connectivity index (χ3n) is 4.17. The van der Waals surface area contributed by atoms with E-state index in [-0.39, 0.29) is 17.6 Å². The Hall–Kier alpha value is -2.47. The minimum Gasteiger partial charge on any atom is -0.351 e. The fraction of sp³-hybridized carbons (Fsp3) is 0.200. The van der Waals surface area contributed by atoms with Crippen LogP contribution in [-0.4, -0.2) is 22.2 Å². The summed E-state index contributed by atoms with van der Waals surface area (Å²) in [5.74, 6) is -0.267. The molecule has 3 rings (SSSR count). The summed E-state index contributed by atoms with van der Waals surface area (Å²) in [4.78, 5) is 12.3. The lowest BCUT2D eigenvalue weighted by molar-refractivity contribution is 0.0951. The third-order valence-corrected chi connectivity index (χ3v) is 4.58. The molecule has 0 bridgehead atoms. The summed E-state index contributed by atoms with van der Waals surface area (Å²) in [6.45, 7) is 3.14. The van der Waals surface area contributed by atoms with E-state index >= 15 is 0 Å². The van der Waals surface area contributed by atoms with Gasteiger partial charge in [0.05, 0.1) is 17.2 Å². The zero-order chi connectivity index (χ0) is 18.5. The Labute approximate surface area is 160 Å². The van der Waals surface area contributed by atoms with E-state index in [4.69, 9.17) is 0 Å². The average Bonchev–Trinajstić information content (AvgIpc) is 3.05. The summed E-state index contributed by atoms with van der Waals surface area (Å²) >= 11 is 3.37. The minimum absolute atomic E-state index is 0.108. The number of nitrogens with one attached hydrogen (secondary N) is 1. The zero-order valence-electron chi connectivity index (χ0n) is 14.3. The highest BCUT2D eigenvalue weighted by molar-refractivity contribution is 9.10. The van der Waals surface area contributed by atoms with Crippen molar-refractivity contribution in [3.63, 3.8) is 0 Å². The van der Waals surface area contributed by atoms with Gasteiger partial charge in [0.2, 0.25) is 0 Å². The maximum absolute atomic E-state index is 13.0. The standard InChI is InChI=1S/C20H19BrFN3O/c1-14(16-6-8-19(22)9-7-16)10-23-20(26)17-4-2-15(3-5-17)12-25-13-18(21)11-24-25/h2-9,11,13-14H,10,12H2,1H3,(H,23,26). The van der Waals surface area contributed by atoms with Crippen LogP contribution in [-0.2, 0) is 6.54 Å². The van der Waals surface area contributed by atoms with Gasteiger partial charge in [-0.3, -0.25) is 9.48 Å². The van der Waals surface area contributed by atoms with Crippen LogP contribution >= 0.6 is 15.9 Å². The summed E-state index contributed by atoms with van der Waals surface area (Å²) < 4.78 is 15.7. The van der Waals surface area contributed by atoms with E-state index in [0.29, 0.717) is 18.7 Å². The van der Waals surface area contributed by atoms with Crippen molar-refractivity contribution in [2.75, 3.05) is 6.54 Å². The molecule has 0 saturated carbocycles. The molecule has 1 atom stereocenters. The van der Waals surface area contributed by atoms with Crippen molar-refractivity contribution in [3.8, 4) is 0 Å². The molecule has 0 aliphatic rings. The van der Waals surface area contributed by atoms with Crippen molar-refractivity contribution >= 4 is 21.8 Å². The second-order valence-corrected chi connectivity index (χ2v) is 7.13. The van der Waals surface area contributed by atoms with Crippen molar-refractivity contribution in [2.24, 2.45) is 0 Å². The van der Waals surface area contributed by atoms with E-state index in [1.54, 1.807) is 18.3 Å². The summed E-state index contributed by atoms with van der Waals surface area (Å²) in [6.07, 6.45) is 3.64. The van der Waals surface area contributed by atoms with E-state index in [2.05, 4.69) is 26.3 Å². The van der Waals surface area contributed by atoms with E-state index < -0.39 is 0 Å². The highest BCUT2D eigenvalue weighted by Gasteiger charge is 2.10. The van der Waals surface area contributed by atoms with Gasteiger partial charge < -0.3 is 5.32 Å². The monoisotopic (exact) mass is 415 g/mol. The van der Waals surface area contributed by atoms with Crippen molar-refractivity contribution in [1.29, 1.82) is 0 Å². The Morgan fingerprint density at radius 3 is 2.50 bits per heavy atom. The number of nitrogens with zero attached hydrogens (tertiary/aromatic N) is 2. The average molecular weight is 416 g/mol. The topological polar surface area (TPSA) is 46.9 Å². The van der Waals surface area contributed by atoms with Crippen LogP contribution in [0.4, 0.5) is 4.39 Å². The lowest BCUT2D eigenvalue weighted by Crippen LogP contribution is -2.27. The molecule has 26 heavy (non-hydrogen) atoms. The fourth-order valence-corrected chi connectivity index (χ4v) is 2.96. The smallest absolute Gasteiger partial charge is 0.251 e. The molecule has 2 aromatic carbocycles. The van der Waals surface area contributed by atoms with Crippen LogP contribution in [0.3, 0.4) is 0 Å². The van der Waals surface area contributed by atoms with E-state index in [1.165, 1.54) is 12.1 Å². The SMILES string of the molecule is CC(CNC(=O)c1ccc(Cn2cc(Br)cn2)cc1)c1ccc(F)cc1. The molecular formula is C20H19BrFN3O. The van der Waals surface area contributed by atoms with Gasteiger partial charge in [-0.15, -0.1) is 0 Å². The first kappa shape index (κ1) is 18.3. The number of aromatic nitrogens is 2. The van der Waals surface area contributed by atoms with Crippen LogP contribution in [0.2, 0.25) is 0 Å². The molecule has 0 fully saturated rings. The Balaban J connectivity index is 1.55. The van der Waals surface area contributed by atoms with Crippen molar-refractivity contribution in [2.45, 2.75) is 19.4 Å². The van der Waals surface area contributed by atoms with Gasteiger partial charge in [-0.2, -0.15) is 5.10 Å². The Morgan fingerprint density at radius 1 is 1.19 bits per heavy atom. The van der Waals surface area contributed by atoms with Crippen molar-refractivity contribution in [1.82, 2.24) is 15.1 Å². The number of benzene rings is 2. The normalized spacial score (nSPS) is 12.0. The number of carbonyl (C=O) groups is 1. The molecule has 0 spiro atoms. The summed E-state index contributed by atoms with van der Waals surface area (Å²) in [5.41, 5.74) is 2.67. The second kappa shape index (κ2) is 8.27. The van der Waals surface area contributed by atoms with Crippen molar-refractivity contribution < 1.29 is 9.18 Å². The molecular weight excluding hydrogens is 397 g/mol. The molecule has 0 saturated heterocycles. The van der Waals surface area contributed by atoms with Crippen LogP contribution in [0.5, 0.6) is 0 Å². The minimum atomic E-state index is -0.257. The molecule has 0 aliphatic heterocycles. The summed E-state index contributed by atoms with van der Waals surface area (Å²) in [5, 5.41) is 7.15. The lowest BCUT2D eigenvalue weighted by Gasteiger charge is -2.13. The van der Waals surface area contributed by atoms with Gasteiger partial charge in [0.25, 0.3) is 5.91 Å². The first-order valence-corrected chi connectivity index (χ1v) is 9.11. The highest BCUT2D eigenvalue weighted by Crippen LogP contribution is 2.15. The lowest BCUT2D eigenvalue weighted by atomic mass is 10.0. The fourth-order valence-electron chi connectivity index (χ4n) is 2.63. The van der Waals surface area contributed by atoms with Crippen LogP contribution < -0.4 is 5.32 Å². The number of halogens is 2. The highest BCUT2D eigenvalue weighted by atomic mass is 79.9. The molecule has 0 radical (unpaired) electrons. The molecule has 1 N–H and O–H groups in total. The van der Waals surface area contributed by atoms with E-state index in [1.807, 2.05) is 42.1 Å². The second-order valence-electron chi connectivity index (χ2n) is 6.22. The van der Waals surface area contributed by atoms with Crippen molar-refractivity contribution in [3.05, 3.63) is 87.9 Å². The number of hydrogen-bond acceptors (Lipinski definition) is 2. The van der Waals surface area contributed by atoms with E-state index in [9.17, 15) is 9.18 Å². The molecule has 1 aromatic heterocycles. The predicted octanol–water partition coefficient (Wildman–Crippen LogP) is 4.37. The number of carbonyl (C=O) groups excluding carboxylic acids is 1. The Morgan fingerprint density at radius 2 is 1.88 bits per heavy atom. The number of hydrogen-bond donors (Lipinski definition) is 1. The molecule has 3 aromatic rings. The molecule has 1 unspecified atom stereocenters. The molecule has 1 amide bonds. The largest absolute Gasteiger partial charge is 0.351 e. The van der Waals surface area contributed by atoms with Crippen LogP contribution in [0.1, 0.15) is 34.3 Å². The summed E-state index contributed by atoms with van der Waals surface area (Å²) in [7, 11) is 0. The first-order valence-electron chi connectivity index (χ1n) is 8.32. The number of rotatable bonds is 6.